The van der Waals surface area contributed by atoms with Gasteiger partial charge in [0.25, 0.3) is 0 Å². The van der Waals surface area contributed by atoms with Crippen LogP contribution < -0.4 is 10.1 Å². The molecule has 0 aliphatic heterocycles. The van der Waals surface area contributed by atoms with Crippen molar-refractivity contribution < 1.29 is 9.53 Å². The number of ether oxygens (including phenoxy) is 1. The lowest BCUT2D eigenvalue weighted by Crippen LogP contribution is -2.41. The molecule has 112 valence electrons. The number of benzene rings is 2. The molecule has 1 unspecified atom stereocenters. The molecule has 2 aromatic rings. The zero-order valence-corrected chi connectivity index (χ0v) is 12.6. The van der Waals surface area contributed by atoms with Gasteiger partial charge in [-0.2, -0.15) is 0 Å². The van der Waals surface area contributed by atoms with Crippen LogP contribution in [0.4, 0.5) is 0 Å². The fourth-order valence-electron chi connectivity index (χ4n) is 3.34. The zero-order valence-electron chi connectivity index (χ0n) is 12.6. The van der Waals surface area contributed by atoms with Crippen LogP contribution in [0.15, 0.2) is 48.5 Å². The highest BCUT2D eigenvalue weighted by Gasteiger charge is 2.47. The topological polar surface area (TPSA) is 38.3 Å². The van der Waals surface area contributed by atoms with Gasteiger partial charge < -0.3 is 10.1 Å². The van der Waals surface area contributed by atoms with E-state index in [0.29, 0.717) is 0 Å². The predicted octanol–water partition coefficient (Wildman–Crippen LogP) is 3.14. The van der Waals surface area contributed by atoms with E-state index in [1.807, 2.05) is 24.3 Å². The van der Waals surface area contributed by atoms with Crippen LogP contribution >= 0.6 is 0 Å². The Morgan fingerprint density at radius 2 is 1.86 bits per heavy atom. The molecule has 1 amide bonds. The minimum atomic E-state index is -0.159. The third kappa shape index (κ3) is 2.08. The average molecular weight is 293 g/mol. The summed E-state index contributed by atoms with van der Waals surface area (Å²) in [4.78, 5) is 12.6. The maximum absolute atomic E-state index is 12.6. The molecule has 2 aromatic carbocycles. The van der Waals surface area contributed by atoms with E-state index >= 15 is 0 Å². The molecule has 1 saturated carbocycles. The first-order valence-corrected chi connectivity index (χ1v) is 7.76. The maximum Gasteiger partial charge on any atom is 0.228 e. The van der Waals surface area contributed by atoms with Crippen molar-refractivity contribution in [1.82, 2.24) is 5.32 Å². The number of amides is 1. The summed E-state index contributed by atoms with van der Waals surface area (Å²) in [6.07, 6.45) is 2.89. The summed E-state index contributed by atoms with van der Waals surface area (Å²) in [6, 6.07) is 16.2. The highest BCUT2D eigenvalue weighted by Crippen LogP contribution is 2.47. The molecule has 0 spiro atoms. The van der Waals surface area contributed by atoms with E-state index in [4.69, 9.17) is 4.74 Å². The van der Waals surface area contributed by atoms with Gasteiger partial charge in [0, 0.05) is 0 Å². The molecule has 0 heterocycles. The van der Waals surface area contributed by atoms with E-state index in [9.17, 15) is 4.79 Å². The monoisotopic (exact) mass is 293 g/mol. The maximum atomic E-state index is 12.6. The molecular weight excluding hydrogens is 274 g/mol. The van der Waals surface area contributed by atoms with Crippen molar-refractivity contribution in [3.63, 3.8) is 0 Å². The molecule has 0 saturated heterocycles. The number of methoxy groups -OCH3 is 1. The molecule has 2 aliphatic rings. The molecule has 3 heteroatoms. The lowest BCUT2D eigenvalue weighted by molar-refractivity contribution is -0.124. The summed E-state index contributed by atoms with van der Waals surface area (Å²) < 4.78 is 5.20. The second kappa shape index (κ2) is 4.87. The molecule has 0 radical (unpaired) electrons. The van der Waals surface area contributed by atoms with Crippen LogP contribution in [0.3, 0.4) is 0 Å². The van der Waals surface area contributed by atoms with E-state index in [-0.39, 0.29) is 17.4 Å². The summed E-state index contributed by atoms with van der Waals surface area (Å²) in [5, 5.41) is 3.28. The Morgan fingerprint density at radius 3 is 2.50 bits per heavy atom. The van der Waals surface area contributed by atoms with Gasteiger partial charge in [-0.15, -0.1) is 0 Å². The van der Waals surface area contributed by atoms with Gasteiger partial charge in [-0.05, 0) is 48.1 Å². The summed E-state index contributed by atoms with van der Waals surface area (Å²) in [5.41, 5.74) is 3.50. The van der Waals surface area contributed by atoms with E-state index in [2.05, 4.69) is 29.6 Å². The van der Waals surface area contributed by atoms with E-state index < -0.39 is 0 Å². The number of carbonyl (C=O) groups is 1. The number of fused-ring (bicyclic) bond motifs is 1. The Balaban J connectivity index is 1.50. The van der Waals surface area contributed by atoms with Crippen LogP contribution in [0, 0.1) is 0 Å². The average Bonchev–Trinajstić information content (AvgIpc) is 3.29. The number of rotatable bonds is 4. The predicted molar refractivity (Wildman–Crippen MR) is 84.9 cm³/mol. The molecular formula is C19H19NO2. The highest BCUT2D eigenvalue weighted by atomic mass is 16.5. The normalized spacial score (nSPS) is 20.5. The SMILES string of the molecule is COc1ccc(C2(NC(=O)C3Cc4ccccc43)CC2)cc1. The van der Waals surface area contributed by atoms with Crippen LogP contribution in [0.5, 0.6) is 5.75 Å². The van der Waals surface area contributed by atoms with Gasteiger partial charge in [0.2, 0.25) is 5.91 Å². The molecule has 2 aliphatic carbocycles. The van der Waals surface area contributed by atoms with Gasteiger partial charge in [0.05, 0.1) is 18.6 Å². The summed E-state index contributed by atoms with van der Waals surface area (Å²) in [7, 11) is 1.66. The van der Waals surface area contributed by atoms with Crippen molar-refractivity contribution in [3.8, 4) is 5.75 Å². The molecule has 1 N–H and O–H groups in total. The largest absolute Gasteiger partial charge is 0.497 e. The van der Waals surface area contributed by atoms with Crippen LogP contribution in [-0.2, 0) is 16.8 Å². The van der Waals surface area contributed by atoms with Crippen molar-refractivity contribution in [1.29, 1.82) is 0 Å². The Morgan fingerprint density at radius 1 is 1.14 bits per heavy atom. The Kier molecular flexibility index (Phi) is 2.96. The molecule has 4 rings (SSSR count). The zero-order chi connectivity index (χ0) is 15.2. The second-order valence-corrected chi connectivity index (χ2v) is 6.26. The van der Waals surface area contributed by atoms with Crippen LogP contribution in [0.2, 0.25) is 0 Å². The van der Waals surface area contributed by atoms with E-state index in [1.165, 1.54) is 16.7 Å². The fraction of sp³-hybridized carbons (Fsp3) is 0.316. The van der Waals surface area contributed by atoms with Gasteiger partial charge >= 0.3 is 0 Å². The molecule has 0 aromatic heterocycles. The van der Waals surface area contributed by atoms with Crippen molar-refractivity contribution in [2.24, 2.45) is 0 Å². The Labute approximate surface area is 130 Å². The molecule has 1 fully saturated rings. The molecule has 0 bridgehead atoms. The third-order valence-electron chi connectivity index (χ3n) is 4.93. The highest BCUT2D eigenvalue weighted by molar-refractivity contribution is 5.87. The Bertz CT molecular complexity index is 716. The lowest BCUT2D eigenvalue weighted by atomic mass is 9.77. The second-order valence-electron chi connectivity index (χ2n) is 6.26. The number of carbonyl (C=O) groups excluding carboxylic acids is 1. The summed E-state index contributed by atoms with van der Waals surface area (Å²) in [5.74, 6) is 1.03. The lowest BCUT2D eigenvalue weighted by Gasteiger charge is -2.31. The molecule has 22 heavy (non-hydrogen) atoms. The minimum Gasteiger partial charge on any atom is -0.497 e. The quantitative estimate of drug-likeness (QED) is 0.940. The fourth-order valence-corrected chi connectivity index (χ4v) is 3.34. The number of nitrogens with one attached hydrogen (secondary N) is 1. The van der Waals surface area contributed by atoms with Crippen molar-refractivity contribution in [2.45, 2.75) is 30.7 Å². The van der Waals surface area contributed by atoms with Crippen molar-refractivity contribution in [3.05, 3.63) is 65.2 Å². The van der Waals surface area contributed by atoms with Gasteiger partial charge in [0.1, 0.15) is 5.75 Å². The standard InChI is InChI=1S/C19H19NO2/c1-22-15-8-6-14(7-9-15)19(10-11-19)20-18(21)17-12-13-4-2-3-5-16(13)17/h2-9,17H,10-12H2,1H3,(H,20,21). The Hall–Kier alpha value is -2.29. The third-order valence-corrected chi connectivity index (χ3v) is 4.93. The van der Waals surface area contributed by atoms with E-state index in [1.54, 1.807) is 7.11 Å². The van der Waals surface area contributed by atoms with Gasteiger partial charge in [0.15, 0.2) is 0 Å². The van der Waals surface area contributed by atoms with E-state index in [0.717, 1.165) is 25.0 Å². The number of hydrogen-bond acceptors (Lipinski definition) is 2. The van der Waals surface area contributed by atoms with Crippen LogP contribution in [-0.4, -0.2) is 13.0 Å². The van der Waals surface area contributed by atoms with Crippen LogP contribution in [0.1, 0.15) is 35.4 Å². The summed E-state index contributed by atoms with van der Waals surface area (Å²) in [6.45, 7) is 0. The first kappa shape index (κ1) is 13.4. The first-order valence-electron chi connectivity index (χ1n) is 7.76. The van der Waals surface area contributed by atoms with Gasteiger partial charge in [-0.25, -0.2) is 0 Å². The smallest absolute Gasteiger partial charge is 0.228 e. The molecule has 1 atom stereocenters. The first-order chi connectivity index (χ1) is 10.7. The summed E-state index contributed by atoms with van der Waals surface area (Å²) >= 11 is 0. The van der Waals surface area contributed by atoms with Crippen molar-refractivity contribution >= 4 is 5.91 Å². The minimum absolute atomic E-state index is 0.0203. The van der Waals surface area contributed by atoms with Crippen LogP contribution in [0.25, 0.3) is 0 Å². The number of hydrogen-bond donors (Lipinski definition) is 1. The van der Waals surface area contributed by atoms with Crippen molar-refractivity contribution in [2.75, 3.05) is 7.11 Å². The van der Waals surface area contributed by atoms with Gasteiger partial charge in [-0.1, -0.05) is 36.4 Å². The van der Waals surface area contributed by atoms with Gasteiger partial charge in [-0.3, -0.25) is 4.79 Å². The molecule has 3 nitrogen and oxygen atoms in total.